The van der Waals surface area contributed by atoms with Gasteiger partial charge in [0.05, 0.1) is 11.5 Å². The lowest BCUT2D eigenvalue weighted by Crippen LogP contribution is -2.13. The Hall–Kier alpha value is -1.37. The number of aliphatic hydroxyl groups excluding tert-OH is 1. The Kier molecular flexibility index (Phi) is 4.80. The molecular formula is C14H14BrNO3S. The van der Waals surface area contributed by atoms with Crippen molar-refractivity contribution in [3.8, 4) is 0 Å². The zero-order chi connectivity index (χ0) is 14.6. The number of halogens is 1. The van der Waals surface area contributed by atoms with E-state index in [0.29, 0.717) is 16.6 Å². The molecule has 0 spiro atoms. The Bertz CT molecular complexity index is 684. The summed E-state index contributed by atoms with van der Waals surface area (Å²) in [7, 11) is -3.61. The molecule has 2 aromatic rings. The molecule has 0 aromatic heterocycles. The molecule has 0 aliphatic rings. The predicted molar refractivity (Wildman–Crippen MR) is 82.2 cm³/mol. The summed E-state index contributed by atoms with van der Waals surface area (Å²) in [4.78, 5) is 0.205. The summed E-state index contributed by atoms with van der Waals surface area (Å²) < 4.78 is 26.9. The fourth-order valence-corrected chi connectivity index (χ4v) is 3.13. The zero-order valence-electron chi connectivity index (χ0n) is 10.6. The Morgan fingerprint density at radius 3 is 2.35 bits per heavy atom. The summed E-state index contributed by atoms with van der Waals surface area (Å²) in [5, 5.41) is 9.73. The van der Waals surface area contributed by atoms with Crippen molar-refractivity contribution < 1.29 is 13.5 Å². The largest absolute Gasteiger partial charge is 0.392 e. The smallest absolute Gasteiger partial charge is 0.261 e. The van der Waals surface area contributed by atoms with Gasteiger partial charge in [-0.3, -0.25) is 4.72 Å². The highest BCUT2D eigenvalue weighted by atomic mass is 79.9. The van der Waals surface area contributed by atoms with E-state index in [1.165, 1.54) is 0 Å². The topological polar surface area (TPSA) is 66.4 Å². The van der Waals surface area contributed by atoms with E-state index in [9.17, 15) is 8.42 Å². The molecule has 20 heavy (non-hydrogen) atoms. The Labute approximate surface area is 126 Å². The molecule has 6 heteroatoms. The van der Waals surface area contributed by atoms with E-state index in [1.807, 2.05) is 0 Å². The average molecular weight is 356 g/mol. The lowest BCUT2D eigenvalue weighted by Gasteiger charge is -2.09. The first-order chi connectivity index (χ1) is 9.55. The second-order valence-corrected chi connectivity index (χ2v) is 6.48. The molecule has 106 valence electrons. The normalized spacial score (nSPS) is 11.3. The summed E-state index contributed by atoms with van der Waals surface area (Å²) in [6, 6.07) is 13.3. The number of sulfonamides is 1. The third kappa shape index (κ3) is 3.59. The number of hydrogen-bond donors (Lipinski definition) is 2. The molecule has 0 saturated carbocycles. The first kappa shape index (κ1) is 15.0. The van der Waals surface area contributed by atoms with Crippen LogP contribution in [0.2, 0.25) is 0 Å². The van der Waals surface area contributed by atoms with E-state index in [2.05, 4.69) is 20.7 Å². The molecule has 0 atom stereocenters. The van der Waals surface area contributed by atoms with Crippen LogP contribution in [0.15, 0.2) is 53.4 Å². The third-order valence-electron chi connectivity index (χ3n) is 2.75. The predicted octanol–water partition coefficient (Wildman–Crippen LogP) is 2.87. The van der Waals surface area contributed by atoms with Gasteiger partial charge in [-0.15, -0.1) is 0 Å². The molecular weight excluding hydrogens is 342 g/mol. The van der Waals surface area contributed by atoms with Crippen LogP contribution in [0, 0.1) is 0 Å². The molecule has 0 aliphatic heterocycles. The number of aliphatic hydroxyl groups is 1. The van der Waals surface area contributed by atoms with E-state index < -0.39 is 10.0 Å². The van der Waals surface area contributed by atoms with Crippen LogP contribution in [0.4, 0.5) is 5.69 Å². The lowest BCUT2D eigenvalue weighted by atomic mass is 10.2. The molecule has 0 heterocycles. The maximum Gasteiger partial charge on any atom is 0.261 e. The molecule has 2 rings (SSSR count). The standard InChI is InChI=1S/C14H14BrNO3S/c15-9-11-4-6-14(7-5-11)20(18,19)16-13-3-1-2-12(8-13)10-17/h1-8,16-17H,9-10H2. The van der Waals surface area contributed by atoms with Gasteiger partial charge in [-0.25, -0.2) is 8.42 Å². The van der Waals surface area contributed by atoms with Gasteiger partial charge >= 0.3 is 0 Å². The van der Waals surface area contributed by atoms with Crippen molar-refractivity contribution in [2.45, 2.75) is 16.8 Å². The summed E-state index contributed by atoms with van der Waals surface area (Å²) in [5.41, 5.74) is 2.09. The van der Waals surface area contributed by atoms with Gasteiger partial charge in [0.2, 0.25) is 0 Å². The van der Waals surface area contributed by atoms with Crippen LogP contribution in [0.5, 0.6) is 0 Å². The lowest BCUT2D eigenvalue weighted by molar-refractivity contribution is 0.282. The fourth-order valence-electron chi connectivity index (χ4n) is 1.70. The molecule has 0 bridgehead atoms. The number of anilines is 1. The number of rotatable bonds is 5. The van der Waals surface area contributed by atoms with Gasteiger partial charge < -0.3 is 5.11 Å². The van der Waals surface area contributed by atoms with E-state index >= 15 is 0 Å². The Morgan fingerprint density at radius 2 is 1.75 bits per heavy atom. The van der Waals surface area contributed by atoms with Gasteiger partial charge in [0.25, 0.3) is 10.0 Å². The molecule has 0 fully saturated rings. The average Bonchev–Trinajstić information content (AvgIpc) is 2.47. The van der Waals surface area contributed by atoms with Gasteiger partial charge in [0, 0.05) is 11.0 Å². The molecule has 0 unspecified atom stereocenters. The summed E-state index contributed by atoms with van der Waals surface area (Å²) in [6.45, 7) is -0.129. The van der Waals surface area contributed by atoms with E-state index in [0.717, 1.165) is 5.56 Å². The summed E-state index contributed by atoms with van der Waals surface area (Å²) in [6.07, 6.45) is 0. The first-order valence-corrected chi connectivity index (χ1v) is 8.53. The number of nitrogens with one attached hydrogen (secondary N) is 1. The van der Waals surface area contributed by atoms with Crippen LogP contribution in [0.25, 0.3) is 0 Å². The van der Waals surface area contributed by atoms with Crippen molar-refractivity contribution >= 4 is 31.6 Å². The molecule has 0 saturated heterocycles. The minimum absolute atomic E-state index is 0.129. The molecule has 0 amide bonds. The maximum absolute atomic E-state index is 12.2. The van der Waals surface area contributed by atoms with Crippen LogP contribution in [-0.2, 0) is 22.0 Å². The van der Waals surface area contributed by atoms with Crippen molar-refractivity contribution in [1.82, 2.24) is 0 Å². The fraction of sp³-hybridized carbons (Fsp3) is 0.143. The van der Waals surface area contributed by atoms with Crippen molar-refractivity contribution in [3.05, 3.63) is 59.7 Å². The molecule has 2 aromatic carbocycles. The molecule has 4 nitrogen and oxygen atoms in total. The van der Waals surface area contributed by atoms with E-state index in [-0.39, 0.29) is 11.5 Å². The maximum atomic E-state index is 12.2. The highest BCUT2D eigenvalue weighted by Gasteiger charge is 2.14. The number of hydrogen-bond acceptors (Lipinski definition) is 3. The van der Waals surface area contributed by atoms with Gasteiger partial charge in [0.1, 0.15) is 0 Å². The van der Waals surface area contributed by atoms with Gasteiger partial charge in [-0.1, -0.05) is 40.2 Å². The molecule has 0 radical (unpaired) electrons. The van der Waals surface area contributed by atoms with Gasteiger partial charge in [-0.05, 0) is 35.4 Å². The number of benzene rings is 2. The summed E-state index contributed by atoms with van der Waals surface area (Å²) >= 11 is 3.31. The van der Waals surface area contributed by atoms with Crippen molar-refractivity contribution in [1.29, 1.82) is 0 Å². The van der Waals surface area contributed by atoms with Crippen LogP contribution in [0.1, 0.15) is 11.1 Å². The quantitative estimate of drug-likeness (QED) is 0.810. The van der Waals surface area contributed by atoms with Crippen LogP contribution in [0.3, 0.4) is 0 Å². The van der Waals surface area contributed by atoms with Crippen molar-refractivity contribution in [2.75, 3.05) is 4.72 Å². The van der Waals surface area contributed by atoms with Crippen LogP contribution < -0.4 is 4.72 Å². The number of alkyl halides is 1. The van der Waals surface area contributed by atoms with Crippen molar-refractivity contribution in [2.24, 2.45) is 0 Å². The van der Waals surface area contributed by atoms with Gasteiger partial charge in [-0.2, -0.15) is 0 Å². The zero-order valence-corrected chi connectivity index (χ0v) is 13.0. The SMILES string of the molecule is O=S(=O)(Nc1cccc(CO)c1)c1ccc(CBr)cc1. The second kappa shape index (κ2) is 6.39. The van der Waals surface area contributed by atoms with Crippen LogP contribution in [-0.4, -0.2) is 13.5 Å². The van der Waals surface area contributed by atoms with Gasteiger partial charge in [0.15, 0.2) is 0 Å². The monoisotopic (exact) mass is 355 g/mol. The summed E-state index contributed by atoms with van der Waals surface area (Å²) in [5.74, 6) is 0. The third-order valence-corrected chi connectivity index (χ3v) is 4.79. The minimum Gasteiger partial charge on any atom is -0.392 e. The first-order valence-electron chi connectivity index (χ1n) is 5.92. The minimum atomic E-state index is -3.61. The van der Waals surface area contributed by atoms with Crippen LogP contribution >= 0.6 is 15.9 Å². The van der Waals surface area contributed by atoms with E-state index in [4.69, 9.17) is 5.11 Å². The Morgan fingerprint density at radius 1 is 1.05 bits per heavy atom. The second-order valence-electron chi connectivity index (χ2n) is 4.24. The molecule has 2 N–H and O–H groups in total. The van der Waals surface area contributed by atoms with E-state index in [1.54, 1.807) is 48.5 Å². The van der Waals surface area contributed by atoms with Crippen molar-refractivity contribution in [3.63, 3.8) is 0 Å². The molecule has 0 aliphatic carbocycles. The Balaban J connectivity index is 2.25. The highest BCUT2D eigenvalue weighted by Crippen LogP contribution is 2.18. The highest BCUT2D eigenvalue weighted by molar-refractivity contribution is 9.08.